The molecule has 130 valence electrons. The Morgan fingerprint density at radius 1 is 1.16 bits per heavy atom. The van der Waals surface area contributed by atoms with E-state index < -0.39 is 5.54 Å². The third-order valence-electron chi connectivity index (χ3n) is 4.35. The number of carbonyl (C=O) groups excluding carboxylic acids is 1. The minimum atomic E-state index is -0.587. The van der Waals surface area contributed by atoms with Crippen molar-refractivity contribution in [2.75, 3.05) is 19.8 Å². The predicted octanol–water partition coefficient (Wildman–Crippen LogP) is 0.138. The van der Waals surface area contributed by atoms with Gasteiger partial charge in [0.1, 0.15) is 17.9 Å². The molecule has 6 nitrogen and oxygen atoms in total. The molecule has 25 heavy (non-hydrogen) atoms. The van der Waals surface area contributed by atoms with Crippen LogP contribution in [0.1, 0.15) is 19.4 Å². The van der Waals surface area contributed by atoms with Gasteiger partial charge < -0.3 is 19.8 Å². The van der Waals surface area contributed by atoms with E-state index in [1.54, 1.807) is 6.08 Å². The normalized spacial score (nSPS) is 21.7. The number of H-pyrrole nitrogens is 1. The maximum absolute atomic E-state index is 12.4. The van der Waals surface area contributed by atoms with Gasteiger partial charge in [0.15, 0.2) is 17.3 Å². The van der Waals surface area contributed by atoms with Gasteiger partial charge in [0.25, 0.3) is 5.56 Å². The SMILES string of the molecule is CC1(C)NC/C(=c2/[nH]c(=O)/c(=C/c3ccc4c(c3)OCCO4)s2)C1=O. The number of fused-ring (bicyclic) bond motifs is 1. The molecular formula is C18H18N2O4S. The number of nitrogens with one attached hydrogen (secondary N) is 2. The largest absolute Gasteiger partial charge is 0.486 e. The van der Waals surface area contributed by atoms with Crippen molar-refractivity contribution in [1.82, 2.24) is 10.3 Å². The smallest absolute Gasteiger partial charge is 0.266 e. The zero-order chi connectivity index (χ0) is 17.6. The van der Waals surface area contributed by atoms with Gasteiger partial charge in [0.05, 0.1) is 10.1 Å². The topological polar surface area (TPSA) is 80.4 Å². The van der Waals surface area contributed by atoms with Gasteiger partial charge in [0.2, 0.25) is 0 Å². The lowest BCUT2D eigenvalue weighted by Gasteiger charge is -2.18. The zero-order valence-electron chi connectivity index (χ0n) is 14.0. The van der Waals surface area contributed by atoms with Crippen molar-refractivity contribution in [1.29, 1.82) is 0 Å². The third-order valence-corrected chi connectivity index (χ3v) is 5.43. The molecule has 1 fully saturated rings. The predicted molar refractivity (Wildman–Crippen MR) is 95.7 cm³/mol. The summed E-state index contributed by atoms with van der Waals surface area (Å²) in [7, 11) is 0. The molecule has 2 aliphatic heterocycles. The molecule has 1 saturated heterocycles. The minimum absolute atomic E-state index is 0.0240. The molecule has 0 bridgehead atoms. The van der Waals surface area contributed by atoms with Crippen LogP contribution in [0.3, 0.4) is 0 Å². The third kappa shape index (κ3) is 2.89. The van der Waals surface area contributed by atoms with Gasteiger partial charge in [-0.2, -0.15) is 0 Å². The number of aromatic nitrogens is 1. The summed E-state index contributed by atoms with van der Waals surface area (Å²) in [6.45, 7) is 5.21. The maximum Gasteiger partial charge on any atom is 0.266 e. The van der Waals surface area contributed by atoms with Crippen LogP contribution >= 0.6 is 11.3 Å². The van der Waals surface area contributed by atoms with Crippen LogP contribution in [0.4, 0.5) is 0 Å². The number of Topliss-reactive ketones (excluding diaryl/α,β-unsaturated/α-hetero) is 1. The molecule has 2 aliphatic rings. The first-order valence-corrected chi connectivity index (χ1v) is 8.89. The van der Waals surface area contributed by atoms with Gasteiger partial charge in [-0.25, -0.2) is 0 Å². The first-order chi connectivity index (χ1) is 11.9. The van der Waals surface area contributed by atoms with Gasteiger partial charge >= 0.3 is 0 Å². The van der Waals surface area contributed by atoms with E-state index in [1.165, 1.54) is 11.3 Å². The summed E-state index contributed by atoms with van der Waals surface area (Å²) >= 11 is 1.30. The highest BCUT2D eigenvalue weighted by Crippen LogP contribution is 2.30. The second-order valence-electron chi connectivity index (χ2n) is 6.58. The number of benzene rings is 1. The molecule has 7 heteroatoms. The van der Waals surface area contributed by atoms with Crippen molar-refractivity contribution in [3.05, 3.63) is 43.3 Å². The number of hydrogen-bond donors (Lipinski definition) is 2. The maximum atomic E-state index is 12.4. The summed E-state index contributed by atoms with van der Waals surface area (Å²) in [6.07, 6.45) is 1.80. The Balaban J connectivity index is 1.78. The van der Waals surface area contributed by atoms with Gasteiger partial charge in [-0.1, -0.05) is 6.07 Å². The fourth-order valence-corrected chi connectivity index (χ4v) is 3.90. The second-order valence-corrected chi connectivity index (χ2v) is 7.64. The quantitative estimate of drug-likeness (QED) is 0.758. The summed E-state index contributed by atoms with van der Waals surface area (Å²) in [5.41, 5.74) is 0.703. The molecule has 1 aromatic carbocycles. The van der Waals surface area contributed by atoms with Gasteiger partial charge in [0, 0.05) is 12.1 Å². The number of rotatable bonds is 1. The van der Waals surface area contributed by atoms with E-state index in [-0.39, 0.29) is 11.3 Å². The molecule has 4 rings (SSSR count). The van der Waals surface area contributed by atoms with Crippen molar-refractivity contribution in [3.8, 4) is 11.5 Å². The van der Waals surface area contributed by atoms with Crippen LogP contribution in [-0.2, 0) is 4.79 Å². The molecule has 0 amide bonds. The first-order valence-electron chi connectivity index (χ1n) is 8.07. The molecule has 0 spiro atoms. The van der Waals surface area contributed by atoms with E-state index in [0.717, 1.165) is 5.56 Å². The molecule has 0 saturated carbocycles. The molecule has 1 aromatic heterocycles. The minimum Gasteiger partial charge on any atom is -0.486 e. The average Bonchev–Trinajstić information content (AvgIpc) is 3.07. The summed E-state index contributed by atoms with van der Waals surface area (Å²) in [6, 6.07) is 5.57. The van der Waals surface area contributed by atoms with Crippen LogP contribution in [0.15, 0.2) is 23.0 Å². The van der Waals surface area contributed by atoms with Crippen LogP contribution in [-0.4, -0.2) is 36.1 Å². The fraction of sp³-hybridized carbons (Fsp3) is 0.333. The van der Waals surface area contributed by atoms with E-state index in [2.05, 4.69) is 10.3 Å². The first kappa shape index (κ1) is 16.1. The molecule has 0 atom stereocenters. The Morgan fingerprint density at radius 2 is 1.92 bits per heavy atom. The fourth-order valence-electron chi connectivity index (χ4n) is 2.91. The van der Waals surface area contributed by atoms with Gasteiger partial charge in [-0.15, -0.1) is 11.3 Å². The molecule has 0 unspecified atom stereocenters. The molecule has 2 aromatic rings. The van der Waals surface area contributed by atoms with Crippen LogP contribution < -0.4 is 29.5 Å². The van der Waals surface area contributed by atoms with E-state index in [0.29, 0.717) is 46.0 Å². The van der Waals surface area contributed by atoms with Crippen molar-refractivity contribution in [3.63, 3.8) is 0 Å². The van der Waals surface area contributed by atoms with Crippen molar-refractivity contribution >= 4 is 28.8 Å². The van der Waals surface area contributed by atoms with Crippen molar-refractivity contribution in [2.45, 2.75) is 19.4 Å². The Kier molecular flexibility index (Phi) is 3.77. The summed E-state index contributed by atoms with van der Waals surface area (Å²) in [5.74, 6) is 1.42. The highest BCUT2D eigenvalue weighted by atomic mass is 32.1. The van der Waals surface area contributed by atoms with Crippen molar-refractivity contribution in [2.24, 2.45) is 0 Å². The zero-order valence-corrected chi connectivity index (χ0v) is 14.8. The van der Waals surface area contributed by atoms with E-state index in [4.69, 9.17) is 9.47 Å². The van der Waals surface area contributed by atoms with Gasteiger partial charge in [-0.05, 0) is 37.6 Å². The van der Waals surface area contributed by atoms with Crippen LogP contribution in [0.25, 0.3) is 11.6 Å². The standard InChI is InChI=1S/C18H18N2O4S/c1-18(2)15(21)11(9-19-18)17-20-16(22)14(25-17)8-10-3-4-12-13(7-10)24-6-5-23-12/h3-4,7-8,19H,5-6,9H2,1-2H3,(H,20,22)/b14-8-,17-11+. The Labute approximate surface area is 147 Å². The number of aromatic amines is 1. The Hall–Kier alpha value is -2.38. The van der Waals surface area contributed by atoms with E-state index >= 15 is 0 Å². The Morgan fingerprint density at radius 3 is 2.64 bits per heavy atom. The number of ketones is 1. The molecule has 0 radical (unpaired) electrons. The van der Waals surface area contributed by atoms with Crippen LogP contribution in [0, 0.1) is 0 Å². The summed E-state index contributed by atoms with van der Waals surface area (Å²) in [5, 5.41) is 3.16. The van der Waals surface area contributed by atoms with Crippen LogP contribution in [0.5, 0.6) is 11.5 Å². The molecule has 0 aliphatic carbocycles. The summed E-state index contributed by atoms with van der Waals surface area (Å²) in [4.78, 5) is 27.5. The molecule has 2 N–H and O–H groups in total. The Bertz CT molecular complexity index is 1030. The average molecular weight is 358 g/mol. The lowest BCUT2D eigenvalue weighted by Crippen LogP contribution is -2.38. The van der Waals surface area contributed by atoms with Crippen molar-refractivity contribution < 1.29 is 14.3 Å². The number of thiazole rings is 1. The van der Waals surface area contributed by atoms with E-state index in [1.807, 2.05) is 32.0 Å². The lowest BCUT2D eigenvalue weighted by atomic mass is 10.00. The second kappa shape index (κ2) is 5.86. The monoisotopic (exact) mass is 358 g/mol. The number of hydrogen-bond acceptors (Lipinski definition) is 6. The number of ether oxygens (including phenoxy) is 2. The highest BCUT2D eigenvalue weighted by Gasteiger charge is 2.36. The van der Waals surface area contributed by atoms with Crippen LogP contribution in [0.2, 0.25) is 0 Å². The molecular weight excluding hydrogens is 340 g/mol. The number of carbonyl (C=O) groups is 1. The lowest BCUT2D eigenvalue weighted by molar-refractivity contribution is -0.117. The van der Waals surface area contributed by atoms with Gasteiger partial charge in [-0.3, -0.25) is 9.59 Å². The highest BCUT2D eigenvalue weighted by molar-refractivity contribution is 7.07. The van der Waals surface area contributed by atoms with E-state index in [9.17, 15) is 9.59 Å². The summed E-state index contributed by atoms with van der Waals surface area (Å²) < 4.78 is 12.2. The molecule has 3 heterocycles.